The van der Waals surface area contributed by atoms with Gasteiger partial charge in [0.25, 0.3) is 0 Å². The Balaban J connectivity index is 1.79. The van der Waals surface area contributed by atoms with Crippen molar-refractivity contribution in [1.82, 2.24) is 0 Å². The van der Waals surface area contributed by atoms with Gasteiger partial charge in [-0.15, -0.1) is 11.3 Å². The van der Waals surface area contributed by atoms with Crippen molar-refractivity contribution in [3.63, 3.8) is 0 Å². The van der Waals surface area contributed by atoms with Crippen LogP contribution in [0.4, 0.5) is 0 Å². The monoisotopic (exact) mass is 216 g/mol. The summed E-state index contributed by atoms with van der Waals surface area (Å²) in [5, 5.41) is 3.63. The Morgan fingerprint density at radius 2 is 1.86 bits per heavy atom. The average molecular weight is 216 g/mol. The van der Waals surface area contributed by atoms with E-state index in [4.69, 9.17) is 0 Å². The predicted octanol–water partition coefficient (Wildman–Crippen LogP) is 2.74. The molecule has 0 nitrogen and oxygen atoms in total. The molecule has 0 spiro atoms. The van der Waals surface area contributed by atoms with Gasteiger partial charge >= 0.3 is 0 Å². The van der Waals surface area contributed by atoms with Crippen LogP contribution >= 0.6 is 11.3 Å². The van der Waals surface area contributed by atoms with Gasteiger partial charge in [0.2, 0.25) is 0 Å². The molecule has 2 aromatic rings. The maximum absolute atomic E-state index is 2.22. The highest BCUT2D eigenvalue weighted by molar-refractivity contribution is 7.09. The van der Waals surface area contributed by atoms with E-state index in [1.54, 1.807) is 0 Å². The van der Waals surface area contributed by atoms with Crippen molar-refractivity contribution in [2.24, 2.45) is 0 Å². The first-order valence-electron chi connectivity index (χ1n) is 4.76. The molecular formula is C12H12SSi. The van der Waals surface area contributed by atoms with Gasteiger partial charge in [-0.1, -0.05) is 47.6 Å². The van der Waals surface area contributed by atoms with Crippen LogP contribution in [-0.2, 0) is 6.42 Å². The summed E-state index contributed by atoms with van der Waals surface area (Å²) < 4.78 is 0. The van der Waals surface area contributed by atoms with Crippen LogP contribution in [0.15, 0.2) is 47.8 Å². The second-order valence-electron chi connectivity index (χ2n) is 3.12. The van der Waals surface area contributed by atoms with Crippen LogP contribution in [0.25, 0.3) is 0 Å². The lowest BCUT2D eigenvalue weighted by Gasteiger charge is -1.98. The molecule has 0 saturated carbocycles. The highest BCUT2D eigenvalue weighted by atomic mass is 32.1. The third kappa shape index (κ3) is 2.82. The maximum Gasteiger partial charge on any atom is 0.0811 e. The smallest absolute Gasteiger partial charge is 0.0811 e. The molecule has 70 valence electrons. The lowest BCUT2D eigenvalue weighted by atomic mass is 10.4. The summed E-state index contributed by atoms with van der Waals surface area (Å²) in [6.07, 6.45) is 1.23. The summed E-state index contributed by atoms with van der Waals surface area (Å²) >= 11 is 1.86. The summed E-state index contributed by atoms with van der Waals surface area (Å²) in [7, 11) is 0.949. The van der Waals surface area contributed by atoms with Gasteiger partial charge in [-0.25, -0.2) is 0 Å². The molecule has 0 atom stereocenters. The van der Waals surface area contributed by atoms with Crippen LogP contribution in [0.5, 0.6) is 0 Å². The third-order valence-corrected chi connectivity index (χ3v) is 4.23. The van der Waals surface area contributed by atoms with Crippen molar-refractivity contribution >= 4 is 26.0 Å². The van der Waals surface area contributed by atoms with Gasteiger partial charge in [0.15, 0.2) is 0 Å². The van der Waals surface area contributed by atoms with Crippen molar-refractivity contribution in [1.29, 1.82) is 0 Å². The number of hydrogen-bond acceptors (Lipinski definition) is 1. The van der Waals surface area contributed by atoms with E-state index in [0.29, 0.717) is 0 Å². The molecule has 2 heteroatoms. The Morgan fingerprint density at radius 1 is 1.00 bits per heavy atom. The first-order valence-corrected chi connectivity index (χ1v) is 6.85. The summed E-state index contributed by atoms with van der Waals surface area (Å²) in [4.78, 5) is 1.51. The lowest BCUT2D eigenvalue weighted by Crippen LogP contribution is -2.12. The van der Waals surface area contributed by atoms with E-state index in [1.165, 1.54) is 22.5 Å². The lowest BCUT2D eigenvalue weighted by molar-refractivity contribution is 1.17. The second kappa shape index (κ2) is 5.13. The van der Waals surface area contributed by atoms with E-state index < -0.39 is 0 Å². The van der Waals surface area contributed by atoms with Gasteiger partial charge in [-0.2, -0.15) is 0 Å². The molecule has 1 heterocycles. The van der Waals surface area contributed by atoms with Gasteiger partial charge in [-0.3, -0.25) is 0 Å². The average Bonchev–Trinajstić information content (AvgIpc) is 2.72. The SMILES string of the molecule is c1ccc([Si]CCc2cccs2)cc1. The van der Waals surface area contributed by atoms with Gasteiger partial charge in [0.05, 0.1) is 9.52 Å². The Bertz CT molecular complexity index is 353. The number of rotatable bonds is 4. The van der Waals surface area contributed by atoms with Gasteiger partial charge < -0.3 is 0 Å². The topological polar surface area (TPSA) is 0 Å². The van der Waals surface area contributed by atoms with E-state index in [2.05, 4.69) is 47.8 Å². The Kier molecular flexibility index (Phi) is 3.55. The molecule has 2 rings (SSSR count). The van der Waals surface area contributed by atoms with E-state index in [1.807, 2.05) is 11.3 Å². The molecule has 2 radical (unpaired) electrons. The number of hydrogen-bond donors (Lipinski definition) is 0. The molecule has 0 saturated heterocycles. The summed E-state index contributed by atoms with van der Waals surface area (Å²) in [5.74, 6) is 0. The zero-order chi connectivity index (χ0) is 9.64. The van der Waals surface area contributed by atoms with Gasteiger partial charge in [0.1, 0.15) is 0 Å². The summed E-state index contributed by atoms with van der Waals surface area (Å²) in [6, 6.07) is 16.4. The minimum Gasteiger partial charge on any atom is -0.149 e. The van der Waals surface area contributed by atoms with Crippen molar-refractivity contribution in [3.05, 3.63) is 52.7 Å². The fraction of sp³-hybridized carbons (Fsp3) is 0.167. The van der Waals surface area contributed by atoms with E-state index in [-0.39, 0.29) is 0 Å². The highest BCUT2D eigenvalue weighted by Gasteiger charge is 1.96. The molecule has 0 aliphatic rings. The van der Waals surface area contributed by atoms with E-state index in [9.17, 15) is 0 Å². The molecule has 0 aliphatic carbocycles. The number of benzene rings is 1. The van der Waals surface area contributed by atoms with Crippen molar-refractivity contribution in [2.75, 3.05) is 0 Å². The summed E-state index contributed by atoms with van der Waals surface area (Å²) in [6.45, 7) is 0. The molecule has 0 N–H and O–H groups in total. The predicted molar refractivity (Wildman–Crippen MR) is 64.7 cm³/mol. The number of aryl methyl sites for hydroxylation is 1. The molecule has 0 fully saturated rings. The molecular weight excluding hydrogens is 204 g/mol. The zero-order valence-corrected chi connectivity index (χ0v) is 9.76. The first-order chi connectivity index (χ1) is 6.95. The zero-order valence-electron chi connectivity index (χ0n) is 7.94. The Labute approximate surface area is 91.4 Å². The highest BCUT2D eigenvalue weighted by Crippen LogP contribution is 2.10. The van der Waals surface area contributed by atoms with Crippen LogP contribution in [0.1, 0.15) is 4.88 Å². The molecule has 1 aromatic heterocycles. The van der Waals surface area contributed by atoms with Crippen molar-refractivity contribution in [2.45, 2.75) is 12.5 Å². The standard InChI is InChI=1S/C12H12SSi/c1-2-6-12(7-3-1)14-10-8-11-5-4-9-13-11/h1-7,9H,8,10H2. The van der Waals surface area contributed by atoms with Crippen LogP contribution in [0.2, 0.25) is 6.04 Å². The minimum atomic E-state index is 0.949. The van der Waals surface area contributed by atoms with E-state index in [0.717, 1.165) is 9.52 Å². The third-order valence-electron chi connectivity index (χ3n) is 2.05. The fourth-order valence-corrected chi connectivity index (χ4v) is 3.34. The Morgan fingerprint density at radius 3 is 2.57 bits per heavy atom. The quantitative estimate of drug-likeness (QED) is 0.689. The fourth-order valence-electron chi connectivity index (χ4n) is 1.34. The molecule has 0 aliphatic heterocycles. The van der Waals surface area contributed by atoms with Crippen LogP contribution in [0, 0.1) is 0 Å². The first kappa shape index (κ1) is 9.68. The van der Waals surface area contributed by atoms with Crippen LogP contribution < -0.4 is 5.19 Å². The largest absolute Gasteiger partial charge is 0.149 e. The normalized spacial score (nSPS) is 10.3. The molecule has 0 amide bonds. The molecule has 1 aromatic carbocycles. The Hall–Kier alpha value is -0.863. The minimum absolute atomic E-state index is 0.949. The second-order valence-corrected chi connectivity index (χ2v) is 5.59. The maximum atomic E-state index is 2.22. The van der Waals surface area contributed by atoms with Crippen molar-refractivity contribution < 1.29 is 0 Å². The number of thiophene rings is 1. The van der Waals surface area contributed by atoms with Crippen molar-refractivity contribution in [3.8, 4) is 0 Å². The molecule has 14 heavy (non-hydrogen) atoms. The van der Waals surface area contributed by atoms with Gasteiger partial charge in [0, 0.05) is 4.88 Å². The molecule has 0 unspecified atom stereocenters. The molecule has 0 bridgehead atoms. The van der Waals surface area contributed by atoms with Gasteiger partial charge in [-0.05, 0) is 17.9 Å². The van der Waals surface area contributed by atoms with E-state index >= 15 is 0 Å². The van der Waals surface area contributed by atoms with Crippen LogP contribution in [-0.4, -0.2) is 9.52 Å². The summed E-state index contributed by atoms with van der Waals surface area (Å²) in [5.41, 5.74) is 0. The van der Waals surface area contributed by atoms with Crippen LogP contribution in [0.3, 0.4) is 0 Å².